The molecule has 1 aromatic carbocycles. The number of aryl methyl sites for hydroxylation is 1. The highest BCUT2D eigenvalue weighted by Crippen LogP contribution is 2.23. The Balaban J connectivity index is 2.04. The molecular weight excluding hydrogens is 326 g/mol. The number of thiazole rings is 1. The van der Waals surface area contributed by atoms with E-state index in [1.54, 1.807) is 20.1 Å². The number of hydrogen-bond donors (Lipinski definition) is 1. The Morgan fingerprint density at radius 1 is 1.38 bits per heavy atom. The van der Waals surface area contributed by atoms with Gasteiger partial charge in [-0.05, 0) is 32.4 Å². The normalized spacial score (nSPS) is 10.8. The van der Waals surface area contributed by atoms with Crippen molar-refractivity contribution in [2.75, 3.05) is 18.6 Å². The highest BCUT2D eigenvalue weighted by molar-refractivity contribution is 7.17. The van der Waals surface area contributed by atoms with Crippen LogP contribution in [0.15, 0.2) is 29.4 Å². The van der Waals surface area contributed by atoms with Crippen molar-refractivity contribution in [3.63, 3.8) is 0 Å². The van der Waals surface area contributed by atoms with E-state index in [9.17, 15) is 4.79 Å². The van der Waals surface area contributed by atoms with Crippen LogP contribution in [0.1, 0.15) is 41.2 Å². The average molecular weight is 347 g/mol. The molecule has 0 fully saturated rings. The van der Waals surface area contributed by atoms with Crippen molar-refractivity contribution >= 4 is 28.7 Å². The second-order valence-corrected chi connectivity index (χ2v) is 5.91. The van der Waals surface area contributed by atoms with E-state index < -0.39 is 0 Å². The van der Waals surface area contributed by atoms with Gasteiger partial charge >= 0.3 is 5.97 Å². The summed E-state index contributed by atoms with van der Waals surface area (Å²) in [5.41, 5.74) is 4.35. The minimum absolute atomic E-state index is 0.339. The monoisotopic (exact) mass is 347 g/mol. The molecule has 0 amide bonds. The van der Waals surface area contributed by atoms with Gasteiger partial charge in [0, 0.05) is 5.56 Å². The van der Waals surface area contributed by atoms with E-state index in [2.05, 4.69) is 22.4 Å². The summed E-state index contributed by atoms with van der Waals surface area (Å²) in [6, 6.07) is 7.68. The summed E-state index contributed by atoms with van der Waals surface area (Å²) in [6.45, 7) is 6.60. The number of benzene rings is 1. The second-order valence-electron chi connectivity index (χ2n) is 4.91. The van der Waals surface area contributed by atoms with Crippen molar-refractivity contribution in [3.8, 4) is 5.75 Å². The van der Waals surface area contributed by atoms with Crippen LogP contribution < -0.4 is 10.2 Å². The molecule has 0 spiro atoms. The van der Waals surface area contributed by atoms with Gasteiger partial charge in [0.2, 0.25) is 5.13 Å². The number of carbonyl (C=O) groups excluding carboxylic acids is 1. The molecule has 128 valence electrons. The summed E-state index contributed by atoms with van der Waals surface area (Å²) >= 11 is 1.22. The Labute approximate surface area is 145 Å². The summed E-state index contributed by atoms with van der Waals surface area (Å²) in [7, 11) is 0. The van der Waals surface area contributed by atoms with Crippen molar-refractivity contribution in [2.24, 2.45) is 5.10 Å². The Kier molecular flexibility index (Phi) is 6.74. The fraction of sp³-hybridized carbons (Fsp3) is 0.353. The van der Waals surface area contributed by atoms with Crippen LogP contribution in [0.4, 0.5) is 5.13 Å². The Morgan fingerprint density at radius 2 is 2.17 bits per heavy atom. The topological polar surface area (TPSA) is 72.8 Å². The zero-order chi connectivity index (χ0) is 17.4. The molecule has 0 unspecified atom stereocenters. The van der Waals surface area contributed by atoms with Gasteiger partial charge in [-0.2, -0.15) is 5.10 Å². The highest BCUT2D eigenvalue weighted by atomic mass is 32.1. The Morgan fingerprint density at radius 3 is 2.92 bits per heavy atom. The molecule has 0 saturated carbocycles. The lowest BCUT2D eigenvalue weighted by Gasteiger charge is -2.07. The van der Waals surface area contributed by atoms with Gasteiger partial charge in [0.15, 0.2) is 0 Å². The number of nitrogens with zero attached hydrogens (tertiary/aromatic N) is 2. The van der Waals surface area contributed by atoms with Crippen LogP contribution in [0.3, 0.4) is 0 Å². The number of anilines is 1. The first-order valence-electron chi connectivity index (χ1n) is 7.81. The SMILES string of the molecule is CCCOc1ccccc1/C=N/Nc1nc(C)c(C(=O)OCC)s1. The average Bonchev–Trinajstić information content (AvgIpc) is 2.95. The summed E-state index contributed by atoms with van der Waals surface area (Å²) in [6.07, 6.45) is 2.62. The fourth-order valence-corrected chi connectivity index (χ4v) is 2.73. The molecule has 7 heteroatoms. The van der Waals surface area contributed by atoms with Gasteiger partial charge in [0.25, 0.3) is 0 Å². The second kappa shape index (κ2) is 9.02. The maximum Gasteiger partial charge on any atom is 0.350 e. The zero-order valence-electron chi connectivity index (χ0n) is 14.0. The molecule has 0 aliphatic carbocycles. The molecule has 0 radical (unpaired) electrons. The number of hydrazone groups is 1. The standard InChI is InChI=1S/C17H21N3O3S/c1-4-10-23-14-9-7-6-8-13(14)11-18-20-17-19-12(3)15(24-17)16(21)22-5-2/h6-9,11H,4-5,10H2,1-3H3,(H,19,20)/b18-11+. The van der Waals surface area contributed by atoms with Crippen LogP contribution in [0.5, 0.6) is 5.75 Å². The van der Waals surface area contributed by atoms with Crippen molar-refractivity contribution in [3.05, 3.63) is 40.4 Å². The lowest BCUT2D eigenvalue weighted by atomic mass is 10.2. The number of aromatic nitrogens is 1. The summed E-state index contributed by atoms with van der Waals surface area (Å²) in [5, 5.41) is 4.72. The molecule has 0 saturated heterocycles. The van der Waals surface area contributed by atoms with Gasteiger partial charge in [-0.25, -0.2) is 9.78 Å². The Hall–Kier alpha value is -2.41. The third-order valence-corrected chi connectivity index (χ3v) is 4.04. The molecule has 1 heterocycles. The van der Waals surface area contributed by atoms with Gasteiger partial charge in [0.05, 0.1) is 25.1 Å². The minimum atomic E-state index is -0.358. The minimum Gasteiger partial charge on any atom is -0.493 e. The first-order chi connectivity index (χ1) is 11.7. The van der Waals surface area contributed by atoms with Gasteiger partial charge in [-0.3, -0.25) is 5.43 Å². The number of carbonyl (C=O) groups is 1. The van der Waals surface area contributed by atoms with E-state index in [-0.39, 0.29) is 5.97 Å². The van der Waals surface area contributed by atoms with Crippen molar-refractivity contribution in [1.82, 2.24) is 4.98 Å². The maximum atomic E-state index is 11.8. The Bertz CT molecular complexity index is 713. The quantitative estimate of drug-likeness (QED) is 0.446. The van der Waals surface area contributed by atoms with Crippen molar-refractivity contribution in [1.29, 1.82) is 0 Å². The predicted molar refractivity (Wildman–Crippen MR) is 96.3 cm³/mol. The van der Waals surface area contributed by atoms with Crippen LogP contribution in [0, 0.1) is 6.92 Å². The first kappa shape index (κ1) is 17.9. The van der Waals surface area contributed by atoms with Gasteiger partial charge in [-0.1, -0.05) is 30.4 Å². The predicted octanol–water partition coefficient (Wildman–Crippen LogP) is 3.86. The van der Waals surface area contributed by atoms with Crippen molar-refractivity contribution < 1.29 is 14.3 Å². The molecule has 2 aromatic rings. The summed E-state index contributed by atoms with van der Waals surface area (Å²) in [4.78, 5) is 16.6. The third-order valence-electron chi connectivity index (χ3n) is 3.00. The zero-order valence-corrected chi connectivity index (χ0v) is 14.9. The lowest BCUT2D eigenvalue weighted by Crippen LogP contribution is -2.03. The van der Waals surface area contributed by atoms with Crippen LogP contribution >= 0.6 is 11.3 Å². The molecule has 0 atom stereocenters. The molecule has 6 nitrogen and oxygen atoms in total. The first-order valence-corrected chi connectivity index (χ1v) is 8.62. The molecule has 24 heavy (non-hydrogen) atoms. The smallest absolute Gasteiger partial charge is 0.350 e. The highest BCUT2D eigenvalue weighted by Gasteiger charge is 2.15. The fourth-order valence-electron chi connectivity index (χ4n) is 1.92. The van der Waals surface area contributed by atoms with Crippen LogP contribution in [0.25, 0.3) is 0 Å². The van der Waals surface area contributed by atoms with E-state index >= 15 is 0 Å². The molecule has 0 bridgehead atoms. The van der Waals surface area contributed by atoms with Crippen molar-refractivity contribution in [2.45, 2.75) is 27.2 Å². The number of nitrogens with one attached hydrogen (secondary N) is 1. The van der Waals surface area contributed by atoms with E-state index in [0.29, 0.717) is 28.9 Å². The molecule has 1 aromatic heterocycles. The lowest BCUT2D eigenvalue weighted by molar-refractivity contribution is 0.0531. The molecule has 1 N–H and O–H groups in total. The third kappa shape index (κ3) is 4.79. The van der Waals surface area contributed by atoms with Crippen LogP contribution in [0.2, 0.25) is 0 Å². The van der Waals surface area contributed by atoms with Gasteiger partial charge in [0.1, 0.15) is 10.6 Å². The van der Waals surface area contributed by atoms with Crippen LogP contribution in [-0.4, -0.2) is 30.4 Å². The number of rotatable bonds is 8. The molecule has 0 aliphatic rings. The molecule has 0 aliphatic heterocycles. The molecular formula is C17H21N3O3S. The summed E-state index contributed by atoms with van der Waals surface area (Å²) < 4.78 is 10.7. The van der Waals surface area contributed by atoms with E-state index in [1.165, 1.54) is 11.3 Å². The van der Waals surface area contributed by atoms with Gasteiger partial charge < -0.3 is 9.47 Å². The largest absolute Gasteiger partial charge is 0.493 e. The summed E-state index contributed by atoms with van der Waals surface area (Å²) in [5.74, 6) is 0.426. The van der Waals surface area contributed by atoms with E-state index in [1.807, 2.05) is 24.3 Å². The van der Waals surface area contributed by atoms with E-state index in [4.69, 9.17) is 9.47 Å². The van der Waals surface area contributed by atoms with E-state index in [0.717, 1.165) is 17.7 Å². The van der Waals surface area contributed by atoms with Gasteiger partial charge in [-0.15, -0.1) is 0 Å². The number of esters is 1. The maximum absolute atomic E-state index is 11.8. The number of hydrogen-bond acceptors (Lipinski definition) is 7. The number of ether oxygens (including phenoxy) is 2. The molecule has 2 rings (SSSR count). The van der Waals surface area contributed by atoms with Crippen LogP contribution in [-0.2, 0) is 4.74 Å². The number of para-hydroxylation sites is 1.